The summed E-state index contributed by atoms with van der Waals surface area (Å²) in [5, 5.41) is 6.77. The van der Waals surface area contributed by atoms with Crippen LogP contribution in [0.1, 0.15) is 78.0 Å². The fourth-order valence-corrected chi connectivity index (χ4v) is 8.63. The highest BCUT2D eigenvalue weighted by Gasteiger charge is 2.54. The largest absolute Gasteiger partial charge is 0.483 e. The first-order chi connectivity index (χ1) is 24.5. The Bertz CT molecular complexity index is 2050. The lowest BCUT2D eigenvalue weighted by molar-refractivity contribution is -0.0656. The molecule has 6 rings (SSSR count). The van der Waals surface area contributed by atoms with Crippen LogP contribution in [0.3, 0.4) is 0 Å². The predicted octanol–water partition coefficient (Wildman–Crippen LogP) is 6.10. The monoisotopic (exact) mass is 734 g/mol. The number of nitrogens with zero attached hydrogens (tertiary/aromatic N) is 3. The van der Waals surface area contributed by atoms with Crippen LogP contribution in [0.5, 0.6) is 5.75 Å². The van der Waals surface area contributed by atoms with Crippen molar-refractivity contribution < 1.29 is 36.8 Å². The number of hydrogen-bond donors (Lipinski definition) is 1. The average Bonchev–Trinajstić information content (AvgIpc) is 3.43. The zero-order chi connectivity index (χ0) is 37.6. The van der Waals surface area contributed by atoms with Crippen LogP contribution in [0.4, 0.5) is 13.2 Å². The average molecular weight is 735 g/mol. The number of aromatic nitrogens is 1. The third-order valence-corrected chi connectivity index (χ3v) is 10.5. The number of ether oxygens (including phenoxy) is 1. The summed E-state index contributed by atoms with van der Waals surface area (Å²) in [6.07, 6.45) is 2.60. The molecule has 1 N–H and O–H groups in total. The van der Waals surface area contributed by atoms with E-state index in [-0.39, 0.29) is 30.6 Å². The van der Waals surface area contributed by atoms with Crippen molar-refractivity contribution in [1.82, 2.24) is 14.8 Å². The normalized spacial score (nSPS) is 21.1. The Balaban J connectivity index is 1.41. The van der Waals surface area contributed by atoms with E-state index in [1.165, 1.54) is 6.20 Å². The second kappa shape index (κ2) is 13.9. The van der Waals surface area contributed by atoms with Crippen molar-refractivity contribution in [2.24, 2.45) is 5.16 Å². The lowest BCUT2D eigenvalue weighted by atomic mass is 9.84. The van der Waals surface area contributed by atoms with Gasteiger partial charge in [0.25, 0.3) is 11.8 Å². The molecule has 274 valence electrons. The minimum Gasteiger partial charge on any atom is -0.483 e. The maximum absolute atomic E-state index is 14.4. The molecule has 10 nitrogen and oxygen atoms in total. The molecule has 0 saturated carbocycles. The van der Waals surface area contributed by atoms with Gasteiger partial charge in [0.05, 0.1) is 6.04 Å². The molecule has 3 aromatic rings. The van der Waals surface area contributed by atoms with Gasteiger partial charge in [0.1, 0.15) is 40.9 Å². The van der Waals surface area contributed by atoms with Gasteiger partial charge in [-0.1, -0.05) is 41.4 Å². The third kappa shape index (κ3) is 7.52. The van der Waals surface area contributed by atoms with Crippen LogP contribution < -0.4 is 15.5 Å². The number of amides is 2. The van der Waals surface area contributed by atoms with Crippen molar-refractivity contribution in [2.45, 2.75) is 96.1 Å². The summed E-state index contributed by atoms with van der Waals surface area (Å²) in [5.74, 6) is 1.07. The maximum atomic E-state index is 14.4. The van der Waals surface area contributed by atoms with Gasteiger partial charge in [-0.15, -0.1) is 0 Å². The smallest absolute Gasteiger partial charge is 0.274 e. The van der Waals surface area contributed by atoms with Crippen LogP contribution in [0.2, 0.25) is 19.6 Å². The molecule has 1 aromatic heterocycles. The lowest BCUT2D eigenvalue weighted by Gasteiger charge is -2.42. The van der Waals surface area contributed by atoms with Crippen LogP contribution in [-0.4, -0.2) is 59.1 Å². The Morgan fingerprint density at radius 3 is 2.50 bits per heavy atom. The molecule has 52 heavy (non-hydrogen) atoms. The van der Waals surface area contributed by atoms with Gasteiger partial charge in [-0.2, -0.15) is 0 Å². The molecular formula is C38H41F3N4O6Si. The summed E-state index contributed by atoms with van der Waals surface area (Å²) >= 11 is 0. The number of fused-ring (bicyclic) bond motifs is 5. The van der Waals surface area contributed by atoms with Crippen LogP contribution >= 0.6 is 0 Å². The molecule has 0 aliphatic carbocycles. The molecule has 3 aliphatic rings. The van der Waals surface area contributed by atoms with Crippen LogP contribution in [0, 0.1) is 29.3 Å². The first-order valence-corrected chi connectivity index (χ1v) is 20.5. The summed E-state index contributed by atoms with van der Waals surface area (Å²) in [4.78, 5) is 50.0. The zero-order valence-corrected chi connectivity index (χ0v) is 30.9. The first kappa shape index (κ1) is 36.9. The number of nitrogens with one attached hydrogen (secondary N) is 1. The molecule has 3 aliphatic heterocycles. The standard InChI is InChI=1S/C38H41F3N4O6Si/c1-23-12-15-38(18-26(43-50-38)13-14-37(2,3)51-52(4,5)6)31-21-44(23)36(48)32-34(49-22-24-10-8-7-9-11-24)33(46)28(20-45(31)32)35(47)42-19-27-29(40)16-25(39)17-30(27)41/h7-11,16-17,20,23,31H,12,15,18-19,21-22H2,1-6H3,(H,42,47)/t23-,31+,38-/m0/s1. The van der Waals surface area contributed by atoms with E-state index in [0.717, 1.165) is 0 Å². The molecule has 1 spiro atoms. The van der Waals surface area contributed by atoms with E-state index in [4.69, 9.17) is 14.0 Å². The lowest BCUT2D eigenvalue weighted by Crippen LogP contribution is -2.52. The summed E-state index contributed by atoms with van der Waals surface area (Å²) in [7, 11) is -1.91. The summed E-state index contributed by atoms with van der Waals surface area (Å²) in [5.41, 5.74) is -2.47. The van der Waals surface area contributed by atoms with Gasteiger partial charge in [-0.05, 0) is 64.7 Å². The fraction of sp³-hybridized carbons (Fsp3) is 0.421. The van der Waals surface area contributed by atoms with Gasteiger partial charge in [-0.25, -0.2) is 13.2 Å². The molecule has 2 amide bonds. The second-order valence-electron chi connectivity index (χ2n) is 15.0. The van der Waals surface area contributed by atoms with Crippen molar-refractivity contribution in [2.75, 3.05) is 6.54 Å². The highest BCUT2D eigenvalue weighted by Crippen LogP contribution is 2.46. The molecule has 2 aromatic carbocycles. The third-order valence-electron chi connectivity index (χ3n) is 9.36. The molecule has 2 bridgehead atoms. The van der Waals surface area contributed by atoms with E-state index in [2.05, 4.69) is 42.0 Å². The van der Waals surface area contributed by atoms with Crippen molar-refractivity contribution in [3.8, 4) is 17.6 Å². The summed E-state index contributed by atoms with van der Waals surface area (Å²) in [6, 6.07) is 9.12. The maximum Gasteiger partial charge on any atom is 0.274 e. The first-order valence-electron chi connectivity index (χ1n) is 17.1. The number of pyridine rings is 1. The van der Waals surface area contributed by atoms with E-state index in [0.29, 0.717) is 42.7 Å². The van der Waals surface area contributed by atoms with Crippen molar-refractivity contribution in [3.05, 3.63) is 98.7 Å². The van der Waals surface area contributed by atoms with Gasteiger partial charge in [0.15, 0.2) is 25.4 Å². The number of hydrogen-bond acceptors (Lipinski definition) is 7. The number of halogens is 3. The van der Waals surface area contributed by atoms with Gasteiger partial charge >= 0.3 is 0 Å². The molecular weight excluding hydrogens is 694 g/mol. The van der Waals surface area contributed by atoms with E-state index < -0.39 is 77.9 Å². The summed E-state index contributed by atoms with van der Waals surface area (Å²) in [6.45, 7) is 11.4. The Morgan fingerprint density at radius 1 is 1.13 bits per heavy atom. The van der Waals surface area contributed by atoms with Crippen LogP contribution in [0.15, 0.2) is 58.6 Å². The molecule has 1 saturated heterocycles. The molecule has 14 heteroatoms. The topological polar surface area (TPSA) is 111 Å². The Labute approximate surface area is 301 Å². The Morgan fingerprint density at radius 2 is 1.83 bits per heavy atom. The quantitative estimate of drug-likeness (QED) is 0.221. The minimum absolute atomic E-state index is 0.0507. The summed E-state index contributed by atoms with van der Waals surface area (Å²) < 4.78 is 56.3. The highest BCUT2D eigenvalue weighted by atomic mass is 28.4. The molecule has 0 radical (unpaired) electrons. The fourth-order valence-electron chi connectivity index (χ4n) is 7.05. The molecule has 4 heterocycles. The molecule has 1 fully saturated rings. The van der Waals surface area contributed by atoms with E-state index in [9.17, 15) is 27.6 Å². The molecule has 3 atom stereocenters. The van der Waals surface area contributed by atoms with Crippen molar-refractivity contribution >= 4 is 25.8 Å². The number of carbonyl (C=O) groups excluding carboxylic acids is 2. The highest BCUT2D eigenvalue weighted by molar-refractivity contribution is 6.69. The number of oxime groups is 1. The van der Waals surface area contributed by atoms with Gasteiger partial charge in [0.2, 0.25) is 5.43 Å². The van der Waals surface area contributed by atoms with Crippen molar-refractivity contribution in [3.63, 3.8) is 0 Å². The van der Waals surface area contributed by atoms with Crippen molar-refractivity contribution in [1.29, 1.82) is 0 Å². The van der Waals surface area contributed by atoms with Crippen LogP contribution in [0.25, 0.3) is 0 Å². The zero-order valence-electron chi connectivity index (χ0n) is 29.9. The van der Waals surface area contributed by atoms with Crippen LogP contribution in [-0.2, 0) is 22.4 Å². The minimum atomic E-state index is -1.91. The Hall–Kier alpha value is -4.87. The second-order valence-corrected chi connectivity index (χ2v) is 19.4. The van der Waals surface area contributed by atoms with Gasteiger partial charge in [-0.3, -0.25) is 14.4 Å². The van der Waals surface area contributed by atoms with Gasteiger partial charge < -0.3 is 28.8 Å². The number of rotatable bonds is 8. The van der Waals surface area contributed by atoms with E-state index in [1.807, 2.05) is 26.8 Å². The van der Waals surface area contributed by atoms with Gasteiger partial charge in [0, 0.05) is 49.4 Å². The van der Waals surface area contributed by atoms with E-state index in [1.54, 1.807) is 33.7 Å². The molecule has 0 unspecified atom stereocenters. The number of benzene rings is 2. The number of carbonyl (C=O) groups is 2. The SMILES string of the molecule is C[C@H]1CC[C@]2(CC(C#CC(C)(C)O[Si](C)(C)C)=NO2)[C@H]2CN1C(=O)c1c(OCc3ccccc3)c(=O)c(C(=O)NCc3c(F)cc(F)cc3F)cn12. The Kier molecular flexibility index (Phi) is 9.88. The van der Waals surface area contributed by atoms with E-state index >= 15 is 0 Å². The predicted molar refractivity (Wildman–Crippen MR) is 190 cm³/mol.